The van der Waals surface area contributed by atoms with Gasteiger partial charge in [-0.25, -0.2) is 9.97 Å². The number of benzene rings is 3. The molecule has 1 aromatic heterocycles. The van der Waals surface area contributed by atoms with Gasteiger partial charge in [-0.05, 0) is 42.3 Å². The number of carbonyl (C=O) groups is 1. The molecule has 4 rings (SSSR count). The topological polar surface area (TPSA) is 54.9 Å². The van der Waals surface area contributed by atoms with E-state index >= 15 is 0 Å². The van der Waals surface area contributed by atoms with E-state index < -0.39 is 0 Å². The summed E-state index contributed by atoms with van der Waals surface area (Å²) in [6.45, 7) is 2.50. The van der Waals surface area contributed by atoms with Crippen LogP contribution < -0.4 is 5.32 Å². The molecule has 1 amide bonds. The maximum absolute atomic E-state index is 13.1. The zero-order chi connectivity index (χ0) is 23.0. The van der Waals surface area contributed by atoms with Gasteiger partial charge in [0, 0.05) is 28.4 Å². The van der Waals surface area contributed by atoms with Crippen molar-refractivity contribution in [3.63, 3.8) is 0 Å². The number of hydrogen-bond acceptors (Lipinski definition) is 5. The molecule has 3 aromatic carbocycles. The zero-order valence-corrected chi connectivity index (χ0v) is 20.4. The van der Waals surface area contributed by atoms with E-state index in [-0.39, 0.29) is 5.91 Å². The summed E-state index contributed by atoms with van der Waals surface area (Å²) >= 11 is 8.97. The molecule has 0 aliphatic heterocycles. The van der Waals surface area contributed by atoms with Crippen molar-refractivity contribution in [2.45, 2.75) is 34.2 Å². The lowest BCUT2D eigenvalue weighted by atomic mass is 10.2. The quantitative estimate of drug-likeness (QED) is 0.216. The van der Waals surface area contributed by atoms with Crippen LogP contribution in [0, 0.1) is 6.92 Å². The molecule has 0 spiro atoms. The molecular weight excluding hydrogens is 470 g/mol. The molecule has 0 aliphatic carbocycles. The summed E-state index contributed by atoms with van der Waals surface area (Å²) in [4.78, 5) is 23.9. The smallest absolute Gasteiger partial charge is 0.271 e. The second-order valence-corrected chi connectivity index (χ2v) is 9.86. The van der Waals surface area contributed by atoms with E-state index in [9.17, 15) is 4.79 Å². The van der Waals surface area contributed by atoms with Crippen molar-refractivity contribution >= 4 is 41.0 Å². The van der Waals surface area contributed by atoms with Crippen molar-refractivity contribution < 1.29 is 4.79 Å². The van der Waals surface area contributed by atoms with Crippen molar-refractivity contribution in [3.05, 3.63) is 112 Å². The fourth-order valence-electron chi connectivity index (χ4n) is 3.10. The van der Waals surface area contributed by atoms with E-state index in [2.05, 4.69) is 40.4 Å². The molecule has 0 aliphatic rings. The van der Waals surface area contributed by atoms with Gasteiger partial charge >= 0.3 is 0 Å². The second kappa shape index (κ2) is 11.4. The minimum atomic E-state index is -0.227. The first-order valence-corrected chi connectivity index (χ1v) is 12.6. The van der Waals surface area contributed by atoms with Crippen molar-refractivity contribution in [2.75, 3.05) is 0 Å². The largest absolute Gasteiger partial charge is 0.347 e. The van der Waals surface area contributed by atoms with Crippen LogP contribution in [0.25, 0.3) is 0 Å². The summed E-state index contributed by atoms with van der Waals surface area (Å²) in [5, 5.41) is 4.22. The van der Waals surface area contributed by atoms with Gasteiger partial charge in [-0.1, -0.05) is 95.3 Å². The number of aromatic nitrogens is 2. The summed E-state index contributed by atoms with van der Waals surface area (Å²) in [5.41, 5.74) is 3.80. The highest BCUT2D eigenvalue weighted by Gasteiger charge is 2.17. The van der Waals surface area contributed by atoms with Gasteiger partial charge < -0.3 is 5.32 Å². The van der Waals surface area contributed by atoms with Crippen LogP contribution in [0.15, 0.2) is 100 Å². The molecule has 0 atom stereocenters. The van der Waals surface area contributed by atoms with Crippen LogP contribution in [0.4, 0.5) is 0 Å². The third-order valence-electron chi connectivity index (χ3n) is 4.74. The van der Waals surface area contributed by atoms with Crippen molar-refractivity contribution in [1.29, 1.82) is 0 Å². The van der Waals surface area contributed by atoms with E-state index in [1.165, 1.54) is 34.7 Å². The fourth-order valence-corrected chi connectivity index (χ4v) is 4.85. The maximum atomic E-state index is 13.1. The number of nitrogens with zero attached hydrogens (tertiary/aromatic N) is 2. The van der Waals surface area contributed by atoms with Crippen molar-refractivity contribution in [2.24, 2.45) is 0 Å². The van der Waals surface area contributed by atoms with E-state index in [1.54, 1.807) is 6.20 Å². The van der Waals surface area contributed by atoms with Crippen LogP contribution in [-0.4, -0.2) is 15.9 Å². The molecule has 4 aromatic rings. The van der Waals surface area contributed by atoms with Crippen LogP contribution >= 0.6 is 35.1 Å². The van der Waals surface area contributed by atoms with Crippen LogP contribution in [0.2, 0.25) is 5.02 Å². The van der Waals surface area contributed by atoms with Gasteiger partial charge in [0.15, 0.2) is 5.16 Å². The Labute approximate surface area is 207 Å². The Morgan fingerprint density at radius 3 is 2.48 bits per heavy atom. The molecule has 0 fully saturated rings. The molecule has 0 saturated carbocycles. The standard InChI is InChI=1S/C26H22ClN3OS2/c1-18-6-5-9-20(14-18)17-32-26-29-16-23(33-22-12-10-21(27)11-13-22)24(30-26)25(31)28-15-19-7-3-2-4-8-19/h2-14,16H,15,17H2,1H3,(H,28,31). The van der Waals surface area contributed by atoms with Gasteiger partial charge in [0.2, 0.25) is 0 Å². The van der Waals surface area contributed by atoms with E-state index in [4.69, 9.17) is 11.6 Å². The summed E-state index contributed by atoms with van der Waals surface area (Å²) in [6.07, 6.45) is 1.72. The lowest BCUT2D eigenvalue weighted by Gasteiger charge is -2.11. The predicted octanol–water partition coefficient (Wildman–Crippen LogP) is 6.81. The molecule has 166 valence electrons. The lowest BCUT2D eigenvalue weighted by molar-refractivity contribution is 0.0941. The van der Waals surface area contributed by atoms with Gasteiger partial charge in [0.25, 0.3) is 5.91 Å². The summed E-state index contributed by atoms with van der Waals surface area (Å²) in [6, 6.07) is 25.6. The molecule has 1 N–H and O–H groups in total. The lowest BCUT2D eigenvalue weighted by Crippen LogP contribution is -2.25. The Balaban J connectivity index is 1.55. The minimum absolute atomic E-state index is 0.227. The first kappa shape index (κ1) is 23.4. The Morgan fingerprint density at radius 2 is 1.73 bits per heavy atom. The molecule has 33 heavy (non-hydrogen) atoms. The molecule has 0 radical (unpaired) electrons. The van der Waals surface area contributed by atoms with Crippen LogP contribution in [0.5, 0.6) is 0 Å². The SMILES string of the molecule is Cc1cccc(CSc2ncc(Sc3ccc(Cl)cc3)c(C(=O)NCc3ccccc3)n2)c1. The average Bonchev–Trinajstić information content (AvgIpc) is 2.84. The number of thioether (sulfide) groups is 1. The normalized spacial score (nSPS) is 10.7. The molecule has 7 heteroatoms. The van der Waals surface area contributed by atoms with Crippen LogP contribution in [0.1, 0.15) is 27.2 Å². The molecular formula is C26H22ClN3OS2. The maximum Gasteiger partial charge on any atom is 0.271 e. The van der Waals surface area contributed by atoms with Crippen molar-refractivity contribution in [3.8, 4) is 0 Å². The highest BCUT2D eigenvalue weighted by molar-refractivity contribution is 7.99. The van der Waals surface area contributed by atoms with Crippen molar-refractivity contribution in [1.82, 2.24) is 15.3 Å². The first-order chi connectivity index (χ1) is 16.1. The third-order valence-corrected chi connectivity index (χ3v) is 6.95. The van der Waals surface area contributed by atoms with E-state index in [1.807, 2.05) is 60.7 Å². The van der Waals surface area contributed by atoms with Gasteiger partial charge in [0.1, 0.15) is 5.69 Å². The fraction of sp³-hybridized carbons (Fsp3) is 0.115. The average molecular weight is 492 g/mol. The minimum Gasteiger partial charge on any atom is -0.347 e. The number of nitrogens with one attached hydrogen (secondary N) is 1. The summed E-state index contributed by atoms with van der Waals surface area (Å²) in [5.74, 6) is 0.506. The molecule has 4 nitrogen and oxygen atoms in total. The number of amides is 1. The predicted molar refractivity (Wildman–Crippen MR) is 136 cm³/mol. The Kier molecular flexibility index (Phi) is 8.05. The highest BCUT2D eigenvalue weighted by atomic mass is 35.5. The van der Waals surface area contributed by atoms with Crippen LogP contribution in [0.3, 0.4) is 0 Å². The number of rotatable bonds is 8. The molecule has 0 unspecified atom stereocenters. The Hall–Kier alpha value is -2.80. The molecule has 0 saturated heterocycles. The first-order valence-electron chi connectivity index (χ1n) is 10.4. The molecule has 1 heterocycles. The van der Waals surface area contributed by atoms with E-state index in [0.717, 1.165) is 16.2 Å². The van der Waals surface area contributed by atoms with Crippen LogP contribution in [-0.2, 0) is 12.3 Å². The monoisotopic (exact) mass is 491 g/mol. The summed E-state index contributed by atoms with van der Waals surface area (Å²) < 4.78 is 0. The zero-order valence-electron chi connectivity index (χ0n) is 18.0. The highest BCUT2D eigenvalue weighted by Crippen LogP contribution is 2.31. The molecule has 0 bridgehead atoms. The number of halogens is 1. The summed E-state index contributed by atoms with van der Waals surface area (Å²) in [7, 11) is 0. The number of hydrogen-bond donors (Lipinski definition) is 1. The van der Waals surface area contributed by atoms with Gasteiger partial charge in [-0.2, -0.15) is 0 Å². The van der Waals surface area contributed by atoms with Gasteiger partial charge in [-0.3, -0.25) is 4.79 Å². The van der Waals surface area contributed by atoms with E-state index in [0.29, 0.717) is 27.3 Å². The van der Waals surface area contributed by atoms with Gasteiger partial charge in [-0.15, -0.1) is 0 Å². The van der Waals surface area contributed by atoms with Gasteiger partial charge in [0.05, 0.1) is 4.90 Å². The Morgan fingerprint density at radius 1 is 0.970 bits per heavy atom. The Bertz CT molecular complexity index is 1230. The second-order valence-electron chi connectivity index (χ2n) is 7.37. The number of carbonyl (C=O) groups excluding carboxylic acids is 1. The third kappa shape index (κ3) is 6.84. The number of aryl methyl sites for hydroxylation is 1.